The van der Waals surface area contributed by atoms with Crippen LogP contribution in [0.3, 0.4) is 0 Å². The van der Waals surface area contributed by atoms with Gasteiger partial charge < -0.3 is 14.2 Å². The zero-order valence-corrected chi connectivity index (χ0v) is 13.8. The second-order valence-corrected chi connectivity index (χ2v) is 5.82. The van der Waals surface area contributed by atoms with Crippen LogP contribution in [0.2, 0.25) is 0 Å². The van der Waals surface area contributed by atoms with E-state index >= 15 is 0 Å². The smallest absolute Gasteiger partial charge is 0.325 e. The molecule has 0 aliphatic carbocycles. The molecule has 1 fully saturated rings. The van der Waals surface area contributed by atoms with Crippen molar-refractivity contribution in [1.29, 1.82) is 0 Å². The van der Waals surface area contributed by atoms with Crippen molar-refractivity contribution in [3.05, 3.63) is 36.1 Å². The monoisotopic (exact) mass is 343 g/mol. The van der Waals surface area contributed by atoms with Crippen molar-refractivity contribution in [1.82, 2.24) is 29.6 Å². The Morgan fingerprint density at radius 1 is 1.40 bits per heavy atom. The number of ether oxygens (including phenoxy) is 1. The molecule has 0 saturated carbocycles. The number of nitrogens with one attached hydrogen (secondary N) is 1. The molecule has 0 radical (unpaired) electrons. The SMILES string of the molecule is CO[C@H]1C[C@H](c2nc(C)no2)N(C(=O)Nc2nnc3ccccn23)C1. The van der Waals surface area contributed by atoms with Crippen molar-refractivity contribution in [3.63, 3.8) is 0 Å². The van der Waals surface area contributed by atoms with E-state index in [1.807, 2.05) is 18.2 Å². The average Bonchev–Trinajstić information content (AvgIpc) is 3.33. The number of aromatic nitrogens is 5. The predicted molar refractivity (Wildman–Crippen MR) is 85.9 cm³/mol. The zero-order chi connectivity index (χ0) is 17.4. The zero-order valence-electron chi connectivity index (χ0n) is 13.8. The molecule has 3 aromatic rings. The maximum absolute atomic E-state index is 12.8. The van der Waals surface area contributed by atoms with E-state index in [1.165, 1.54) is 0 Å². The van der Waals surface area contributed by atoms with E-state index in [4.69, 9.17) is 9.26 Å². The van der Waals surface area contributed by atoms with Gasteiger partial charge in [-0.05, 0) is 19.1 Å². The Balaban J connectivity index is 1.58. The van der Waals surface area contributed by atoms with Gasteiger partial charge in [-0.2, -0.15) is 4.98 Å². The molecule has 0 unspecified atom stereocenters. The number of carbonyl (C=O) groups excluding carboxylic acids is 1. The van der Waals surface area contributed by atoms with E-state index in [9.17, 15) is 4.79 Å². The normalized spacial score (nSPS) is 20.3. The lowest BCUT2D eigenvalue weighted by atomic mass is 10.2. The molecule has 0 spiro atoms. The Morgan fingerprint density at radius 2 is 2.28 bits per heavy atom. The summed E-state index contributed by atoms with van der Waals surface area (Å²) in [5.41, 5.74) is 0.651. The number of amides is 2. The quantitative estimate of drug-likeness (QED) is 0.765. The third-order valence-electron chi connectivity index (χ3n) is 4.22. The van der Waals surface area contributed by atoms with Crippen LogP contribution in [-0.4, -0.2) is 55.4 Å². The van der Waals surface area contributed by atoms with Gasteiger partial charge in [0.05, 0.1) is 6.10 Å². The number of rotatable bonds is 3. The molecule has 2 amide bonds. The fraction of sp³-hybridized carbons (Fsp3) is 0.400. The van der Waals surface area contributed by atoms with Crippen molar-refractivity contribution in [3.8, 4) is 0 Å². The van der Waals surface area contributed by atoms with E-state index in [0.29, 0.717) is 36.3 Å². The summed E-state index contributed by atoms with van der Waals surface area (Å²) in [4.78, 5) is 18.7. The summed E-state index contributed by atoms with van der Waals surface area (Å²) < 4.78 is 12.4. The standard InChI is InChI=1S/C15H17N7O3/c1-9-16-13(25-20-9)11-7-10(24-2)8-22(11)15(23)17-14-19-18-12-5-3-4-6-21(12)14/h3-6,10-11H,7-8H2,1-2H3,(H,17,19,23)/t10-,11+/m0/s1. The predicted octanol–water partition coefficient (Wildman–Crippen LogP) is 1.41. The molecule has 130 valence electrons. The van der Waals surface area contributed by atoms with Crippen LogP contribution in [0.1, 0.15) is 24.2 Å². The number of fused-ring (bicyclic) bond motifs is 1. The van der Waals surface area contributed by atoms with Crippen LogP contribution in [0, 0.1) is 6.92 Å². The van der Waals surface area contributed by atoms with E-state index in [1.54, 1.807) is 29.5 Å². The van der Waals surface area contributed by atoms with Gasteiger partial charge in [-0.3, -0.25) is 9.72 Å². The molecule has 1 aliphatic rings. The second kappa shape index (κ2) is 6.13. The van der Waals surface area contributed by atoms with Gasteiger partial charge in [0, 0.05) is 26.3 Å². The minimum Gasteiger partial charge on any atom is -0.380 e. The second-order valence-electron chi connectivity index (χ2n) is 5.82. The van der Waals surface area contributed by atoms with Crippen LogP contribution >= 0.6 is 0 Å². The van der Waals surface area contributed by atoms with E-state index in [-0.39, 0.29) is 18.2 Å². The average molecular weight is 343 g/mol. The molecule has 10 heteroatoms. The number of likely N-dealkylation sites (tertiary alicyclic amines) is 1. The first kappa shape index (κ1) is 15.5. The van der Waals surface area contributed by atoms with Crippen molar-refractivity contribution >= 4 is 17.6 Å². The lowest BCUT2D eigenvalue weighted by Gasteiger charge is -2.21. The maximum Gasteiger partial charge on any atom is 0.325 e. The van der Waals surface area contributed by atoms with Crippen LogP contribution in [0.5, 0.6) is 0 Å². The summed E-state index contributed by atoms with van der Waals surface area (Å²) in [7, 11) is 1.62. The molecule has 1 saturated heterocycles. The van der Waals surface area contributed by atoms with Gasteiger partial charge in [0.2, 0.25) is 11.8 Å². The molecule has 10 nitrogen and oxygen atoms in total. The number of hydrogen-bond donors (Lipinski definition) is 1. The summed E-state index contributed by atoms with van der Waals surface area (Å²) in [5.74, 6) is 1.28. The minimum atomic E-state index is -0.342. The van der Waals surface area contributed by atoms with Crippen LogP contribution < -0.4 is 5.32 Å². The van der Waals surface area contributed by atoms with Gasteiger partial charge >= 0.3 is 6.03 Å². The van der Waals surface area contributed by atoms with Crippen molar-refractivity contribution in [2.75, 3.05) is 19.0 Å². The molecule has 4 rings (SSSR count). The molecule has 1 aliphatic heterocycles. The summed E-state index contributed by atoms with van der Waals surface area (Å²) in [6.07, 6.45) is 2.27. The van der Waals surface area contributed by atoms with Gasteiger partial charge in [0.1, 0.15) is 6.04 Å². The van der Waals surface area contributed by atoms with E-state index < -0.39 is 0 Å². The number of carbonyl (C=O) groups is 1. The highest BCUT2D eigenvalue weighted by atomic mass is 16.5. The summed E-state index contributed by atoms with van der Waals surface area (Å²) in [5, 5.41) is 14.6. The fourth-order valence-electron chi connectivity index (χ4n) is 2.97. The molecule has 3 aromatic heterocycles. The molecule has 4 heterocycles. The number of methoxy groups -OCH3 is 1. The number of pyridine rings is 1. The third kappa shape index (κ3) is 2.80. The Hall–Kier alpha value is -3.01. The van der Waals surface area contributed by atoms with E-state index in [0.717, 1.165) is 0 Å². The Labute approximate surface area is 142 Å². The van der Waals surface area contributed by atoms with Crippen LogP contribution in [-0.2, 0) is 4.74 Å². The number of urea groups is 1. The van der Waals surface area contributed by atoms with Gasteiger partial charge in [0.25, 0.3) is 0 Å². The Kier molecular flexibility index (Phi) is 3.80. The first-order valence-electron chi connectivity index (χ1n) is 7.86. The lowest BCUT2D eigenvalue weighted by Crippen LogP contribution is -2.36. The first-order chi connectivity index (χ1) is 12.2. The molecule has 2 atom stereocenters. The van der Waals surface area contributed by atoms with Gasteiger partial charge in [-0.1, -0.05) is 11.2 Å². The molecular weight excluding hydrogens is 326 g/mol. The number of aryl methyl sites for hydroxylation is 1. The molecule has 0 aromatic carbocycles. The largest absolute Gasteiger partial charge is 0.380 e. The van der Waals surface area contributed by atoms with Crippen LogP contribution in [0.15, 0.2) is 28.9 Å². The molecule has 0 bridgehead atoms. The topological polar surface area (TPSA) is 111 Å². The Bertz CT molecular complexity index is 905. The van der Waals surface area contributed by atoms with Crippen molar-refractivity contribution < 1.29 is 14.1 Å². The number of anilines is 1. The van der Waals surface area contributed by atoms with Crippen molar-refractivity contribution in [2.24, 2.45) is 0 Å². The first-order valence-corrected chi connectivity index (χ1v) is 7.86. The highest BCUT2D eigenvalue weighted by molar-refractivity contribution is 5.88. The van der Waals surface area contributed by atoms with Gasteiger partial charge in [0.15, 0.2) is 11.5 Å². The van der Waals surface area contributed by atoms with Crippen molar-refractivity contribution in [2.45, 2.75) is 25.5 Å². The molecule has 25 heavy (non-hydrogen) atoms. The van der Waals surface area contributed by atoms with Crippen LogP contribution in [0.25, 0.3) is 5.65 Å². The minimum absolute atomic E-state index is 0.0990. The number of hydrogen-bond acceptors (Lipinski definition) is 7. The Morgan fingerprint density at radius 3 is 3.04 bits per heavy atom. The molecular formula is C15H17N7O3. The summed E-state index contributed by atoms with van der Waals surface area (Å²) in [6, 6.07) is 4.84. The fourth-order valence-corrected chi connectivity index (χ4v) is 2.97. The maximum atomic E-state index is 12.8. The van der Waals surface area contributed by atoms with Gasteiger partial charge in [-0.15, -0.1) is 10.2 Å². The highest BCUT2D eigenvalue weighted by Gasteiger charge is 2.40. The lowest BCUT2D eigenvalue weighted by molar-refractivity contribution is 0.111. The highest BCUT2D eigenvalue weighted by Crippen LogP contribution is 2.32. The third-order valence-corrected chi connectivity index (χ3v) is 4.22. The van der Waals surface area contributed by atoms with Crippen LogP contribution in [0.4, 0.5) is 10.7 Å². The van der Waals surface area contributed by atoms with E-state index in [2.05, 4.69) is 25.7 Å². The van der Waals surface area contributed by atoms with Gasteiger partial charge in [-0.25, -0.2) is 4.79 Å². The number of nitrogens with zero attached hydrogens (tertiary/aromatic N) is 6. The summed E-state index contributed by atoms with van der Waals surface area (Å²) >= 11 is 0. The molecule has 1 N–H and O–H groups in total. The summed E-state index contributed by atoms with van der Waals surface area (Å²) in [6.45, 7) is 2.16.